The second-order valence-electron chi connectivity index (χ2n) is 4.24. The van der Waals surface area contributed by atoms with Gasteiger partial charge >= 0.3 is 0 Å². The molecule has 0 unspecified atom stereocenters. The van der Waals surface area contributed by atoms with Gasteiger partial charge in [0.1, 0.15) is 0 Å². The van der Waals surface area contributed by atoms with Gasteiger partial charge in [-0.05, 0) is 48.7 Å². The molecule has 17 heavy (non-hydrogen) atoms. The second kappa shape index (κ2) is 5.32. The maximum absolute atomic E-state index is 4.18. The summed E-state index contributed by atoms with van der Waals surface area (Å²) in [6.07, 6.45) is 3.76. The molecule has 1 aromatic heterocycles. The molecule has 0 atom stereocenters. The van der Waals surface area contributed by atoms with Gasteiger partial charge in [0.2, 0.25) is 0 Å². The van der Waals surface area contributed by atoms with E-state index in [0.29, 0.717) is 0 Å². The topological polar surface area (TPSA) is 24.9 Å². The zero-order valence-corrected chi connectivity index (χ0v) is 11.6. The van der Waals surface area contributed by atoms with Gasteiger partial charge in [-0.25, -0.2) is 0 Å². The Morgan fingerprint density at radius 2 is 1.88 bits per heavy atom. The molecule has 3 heteroatoms. The third kappa shape index (κ3) is 3.56. The van der Waals surface area contributed by atoms with Gasteiger partial charge in [-0.3, -0.25) is 4.98 Å². The molecule has 2 rings (SSSR count). The molecule has 2 nitrogen and oxygen atoms in total. The molecule has 0 amide bonds. The van der Waals surface area contributed by atoms with Gasteiger partial charge in [0, 0.05) is 29.1 Å². The van der Waals surface area contributed by atoms with Crippen LogP contribution in [-0.4, -0.2) is 4.98 Å². The first kappa shape index (κ1) is 12.1. The third-order valence-corrected chi connectivity index (χ3v) is 2.93. The summed E-state index contributed by atoms with van der Waals surface area (Å²) >= 11 is 3.50. The lowest BCUT2D eigenvalue weighted by Gasteiger charge is -2.08. The molecule has 0 fully saturated rings. The fourth-order valence-corrected chi connectivity index (χ4v) is 2.36. The minimum absolute atomic E-state index is 0.796. The maximum atomic E-state index is 4.18. The number of halogens is 1. The number of benzene rings is 1. The zero-order valence-electron chi connectivity index (χ0n) is 10.00. The van der Waals surface area contributed by atoms with Crippen molar-refractivity contribution in [2.24, 2.45) is 0 Å². The quantitative estimate of drug-likeness (QED) is 0.922. The predicted octanol–water partition coefficient (Wildman–Crippen LogP) is 4.07. The molecule has 0 saturated heterocycles. The Hall–Kier alpha value is -1.35. The van der Waals surface area contributed by atoms with Crippen LogP contribution in [0.25, 0.3) is 0 Å². The molecule has 0 aliphatic carbocycles. The molecule has 0 bridgehead atoms. The number of rotatable bonds is 3. The van der Waals surface area contributed by atoms with Gasteiger partial charge < -0.3 is 5.32 Å². The van der Waals surface area contributed by atoms with E-state index in [9.17, 15) is 0 Å². The van der Waals surface area contributed by atoms with Crippen LogP contribution < -0.4 is 5.32 Å². The number of nitrogens with one attached hydrogen (secondary N) is 1. The summed E-state index contributed by atoms with van der Waals surface area (Å²) in [5, 5.41) is 3.40. The van der Waals surface area contributed by atoms with E-state index in [0.717, 1.165) is 16.7 Å². The minimum Gasteiger partial charge on any atom is -0.381 e. The molecule has 0 saturated carbocycles. The summed E-state index contributed by atoms with van der Waals surface area (Å²) in [4.78, 5) is 4.18. The Kier molecular flexibility index (Phi) is 3.79. The fraction of sp³-hybridized carbons (Fsp3) is 0.214. The Labute approximate surface area is 110 Å². The van der Waals surface area contributed by atoms with Crippen molar-refractivity contribution in [2.45, 2.75) is 20.4 Å². The summed E-state index contributed by atoms with van der Waals surface area (Å²) < 4.78 is 1.10. The fourth-order valence-electron chi connectivity index (χ4n) is 1.76. The van der Waals surface area contributed by atoms with Gasteiger partial charge in [0.25, 0.3) is 0 Å². The van der Waals surface area contributed by atoms with Gasteiger partial charge in [-0.2, -0.15) is 0 Å². The lowest BCUT2D eigenvalue weighted by Crippen LogP contribution is -2.00. The van der Waals surface area contributed by atoms with E-state index < -0.39 is 0 Å². The monoisotopic (exact) mass is 290 g/mol. The van der Waals surface area contributed by atoms with Crippen LogP contribution >= 0.6 is 15.9 Å². The van der Waals surface area contributed by atoms with Crippen molar-refractivity contribution in [1.29, 1.82) is 0 Å². The molecule has 1 heterocycles. The number of aryl methyl sites for hydroxylation is 2. The summed E-state index contributed by atoms with van der Waals surface area (Å²) in [6, 6.07) is 8.45. The first-order chi connectivity index (χ1) is 8.13. The van der Waals surface area contributed by atoms with Crippen molar-refractivity contribution in [1.82, 2.24) is 4.98 Å². The molecule has 1 N–H and O–H groups in total. The molecule has 0 radical (unpaired) electrons. The van der Waals surface area contributed by atoms with E-state index in [1.165, 1.54) is 16.7 Å². The van der Waals surface area contributed by atoms with E-state index in [-0.39, 0.29) is 0 Å². The van der Waals surface area contributed by atoms with Crippen LogP contribution in [0.4, 0.5) is 5.69 Å². The van der Waals surface area contributed by atoms with Crippen molar-refractivity contribution >= 4 is 21.6 Å². The maximum Gasteiger partial charge on any atom is 0.0416 e. The number of nitrogens with zero attached hydrogens (tertiary/aromatic N) is 1. The van der Waals surface area contributed by atoms with Gasteiger partial charge in [0.05, 0.1) is 0 Å². The number of anilines is 1. The van der Waals surface area contributed by atoms with Crippen LogP contribution in [-0.2, 0) is 6.54 Å². The Balaban J connectivity index is 2.07. The van der Waals surface area contributed by atoms with Crippen LogP contribution in [0.3, 0.4) is 0 Å². The lowest BCUT2D eigenvalue weighted by molar-refractivity contribution is 1.10. The number of hydrogen-bond acceptors (Lipinski definition) is 2. The molecule has 88 valence electrons. The van der Waals surface area contributed by atoms with Crippen molar-refractivity contribution in [3.63, 3.8) is 0 Å². The highest BCUT2D eigenvalue weighted by molar-refractivity contribution is 9.10. The van der Waals surface area contributed by atoms with E-state index in [1.54, 1.807) is 0 Å². The van der Waals surface area contributed by atoms with Gasteiger partial charge in [-0.1, -0.05) is 22.0 Å². The molecule has 0 spiro atoms. The molecular weight excluding hydrogens is 276 g/mol. The third-order valence-electron chi connectivity index (χ3n) is 2.47. The normalized spacial score (nSPS) is 10.3. The van der Waals surface area contributed by atoms with E-state index in [4.69, 9.17) is 0 Å². The van der Waals surface area contributed by atoms with Gasteiger partial charge in [-0.15, -0.1) is 0 Å². The standard InChI is InChI=1S/C14H15BrN2/c1-10-4-13(15)6-14(5-10)17-9-12-3-11(2)7-16-8-12/h3-8,17H,9H2,1-2H3. The Morgan fingerprint density at radius 3 is 2.59 bits per heavy atom. The zero-order chi connectivity index (χ0) is 12.3. The highest BCUT2D eigenvalue weighted by Crippen LogP contribution is 2.19. The minimum atomic E-state index is 0.796. The summed E-state index contributed by atoms with van der Waals surface area (Å²) in [5.74, 6) is 0. The molecule has 0 aliphatic heterocycles. The Morgan fingerprint density at radius 1 is 1.06 bits per heavy atom. The Bertz CT molecular complexity index is 503. The van der Waals surface area contributed by atoms with Crippen molar-refractivity contribution in [2.75, 3.05) is 5.32 Å². The largest absolute Gasteiger partial charge is 0.381 e. The summed E-state index contributed by atoms with van der Waals surface area (Å²) in [6.45, 7) is 4.94. The molecule has 0 aliphatic rings. The van der Waals surface area contributed by atoms with E-state index in [1.807, 2.05) is 12.4 Å². The van der Waals surface area contributed by atoms with E-state index in [2.05, 4.69) is 64.3 Å². The van der Waals surface area contributed by atoms with Crippen LogP contribution in [0.2, 0.25) is 0 Å². The number of hydrogen-bond donors (Lipinski definition) is 1. The van der Waals surface area contributed by atoms with Crippen molar-refractivity contribution in [3.8, 4) is 0 Å². The summed E-state index contributed by atoms with van der Waals surface area (Å²) in [5.41, 5.74) is 4.75. The average molecular weight is 291 g/mol. The number of aromatic nitrogens is 1. The van der Waals surface area contributed by atoms with Crippen LogP contribution in [0.1, 0.15) is 16.7 Å². The SMILES string of the molecule is Cc1cncc(CNc2cc(C)cc(Br)c2)c1. The molecule has 1 aromatic carbocycles. The first-order valence-corrected chi connectivity index (χ1v) is 6.34. The molecule has 2 aromatic rings. The summed E-state index contributed by atoms with van der Waals surface area (Å²) in [7, 11) is 0. The smallest absolute Gasteiger partial charge is 0.0416 e. The number of pyridine rings is 1. The second-order valence-corrected chi connectivity index (χ2v) is 5.16. The lowest BCUT2D eigenvalue weighted by atomic mass is 10.2. The van der Waals surface area contributed by atoms with Crippen molar-refractivity contribution in [3.05, 3.63) is 57.8 Å². The van der Waals surface area contributed by atoms with Crippen LogP contribution in [0.5, 0.6) is 0 Å². The van der Waals surface area contributed by atoms with Gasteiger partial charge in [0.15, 0.2) is 0 Å². The first-order valence-electron chi connectivity index (χ1n) is 5.55. The predicted molar refractivity (Wildman–Crippen MR) is 75.2 cm³/mol. The highest BCUT2D eigenvalue weighted by Gasteiger charge is 1.98. The highest BCUT2D eigenvalue weighted by atomic mass is 79.9. The van der Waals surface area contributed by atoms with Crippen LogP contribution in [0, 0.1) is 13.8 Å². The molecular formula is C14H15BrN2. The van der Waals surface area contributed by atoms with Crippen molar-refractivity contribution < 1.29 is 0 Å². The van der Waals surface area contributed by atoms with E-state index >= 15 is 0 Å². The average Bonchev–Trinajstić information content (AvgIpc) is 2.25. The van der Waals surface area contributed by atoms with Crippen LogP contribution in [0.15, 0.2) is 41.1 Å².